The van der Waals surface area contributed by atoms with Crippen molar-refractivity contribution >= 4 is 60.8 Å². The molecule has 0 saturated carbocycles. The van der Waals surface area contributed by atoms with Gasteiger partial charge in [-0.25, -0.2) is 0 Å². The summed E-state index contributed by atoms with van der Waals surface area (Å²) in [4.78, 5) is 15.7. The zero-order chi connectivity index (χ0) is 13.3. The van der Waals surface area contributed by atoms with Crippen LogP contribution in [-0.4, -0.2) is 18.2 Å². The average Bonchev–Trinajstić information content (AvgIpc) is 2.57. The lowest BCUT2D eigenvalue weighted by molar-refractivity contribution is -0.113. The summed E-state index contributed by atoms with van der Waals surface area (Å²) < 4.78 is 6.98. The van der Waals surface area contributed by atoms with E-state index in [9.17, 15) is 4.79 Å². The lowest BCUT2D eigenvalue weighted by Gasteiger charge is -2.08. The van der Waals surface area contributed by atoms with Gasteiger partial charge in [0.2, 0.25) is 0 Å². The van der Waals surface area contributed by atoms with Crippen molar-refractivity contribution in [2.45, 2.75) is 0 Å². The van der Waals surface area contributed by atoms with Crippen molar-refractivity contribution in [3.63, 3.8) is 0 Å². The Kier molecular flexibility index (Phi) is 4.14. The Bertz CT molecular complexity index is 585. The van der Waals surface area contributed by atoms with E-state index in [1.54, 1.807) is 13.2 Å². The molecule has 0 fully saturated rings. The Morgan fingerprint density at radius 1 is 1.44 bits per heavy atom. The van der Waals surface area contributed by atoms with E-state index in [1.807, 2.05) is 12.1 Å². The van der Waals surface area contributed by atoms with Gasteiger partial charge in [0.1, 0.15) is 5.75 Å². The lowest BCUT2D eigenvalue weighted by Crippen LogP contribution is -2.01. The van der Waals surface area contributed by atoms with Gasteiger partial charge in [-0.3, -0.25) is 4.79 Å². The van der Waals surface area contributed by atoms with Crippen LogP contribution in [0, 0.1) is 0 Å². The van der Waals surface area contributed by atoms with Crippen molar-refractivity contribution in [3.05, 3.63) is 31.5 Å². The SMILES string of the molecule is COc1c(Br)cc(Br)cc1C=C1SC(N)=NC1=O. The molecule has 1 amide bonds. The van der Waals surface area contributed by atoms with E-state index >= 15 is 0 Å². The Labute approximate surface area is 125 Å². The summed E-state index contributed by atoms with van der Waals surface area (Å²) in [7, 11) is 1.57. The zero-order valence-electron chi connectivity index (χ0n) is 9.24. The number of methoxy groups -OCH3 is 1. The summed E-state index contributed by atoms with van der Waals surface area (Å²) >= 11 is 7.95. The van der Waals surface area contributed by atoms with E-state index in [1.165, 1.54) is 0 Å². The van der Waals surface area contributed by atoms with Crippen LogP contribution in [0.1, 0.15) is 5.56 Å². The van der Waals surface area contributed by atoms with Gasteiger partial charge in [-0.05, 0) is 45.9 Å². The van der Waals surface area contributed by atoms with Gasteiger partial charge >= 0.3 is 0 Å². The van der Waals surface area contributed by atoms with Gasteiger partial charge in [0, 0.05) is 10.0 Å². The molecule has 0 aliphatic carbocycles. The highest BCUT2D eigenvalue weighted by atomic mass is 79.9. The summed E-state index contributed by atoms with van der Waals surface area (Å²) in [5, 5.41) is 0.263. The molecule has 1 aliphatic rings. The molecule has 0 saturated heterocycles. The number of nitrogens with two attached hydrogens (primary N) is 1. The first-order valence-corrected chi connectivity index (χ1v) is 7.22. The fourth-order valence-corrected chi connectivity index (χ4v) is 3.56. The first-order valence-electron chi connectivity index (χ1n) is 4.82. The maximum atomic E-state index is 11.5. The van der Waals surface area contributed by atoms with Gasteiger partial charge in [-0.2, -0.15) is 4.99 Å². The lowest BCUT2D eigenvalue weighted by atomic mass is 10.2. The van der Waals surface area contributed by atoms with Crippen LogP contribution in [-0.2, 0) is 4.79 Å². The normalized spacial score (nSPS) is 17.2. The van der Waals surface area contributed by atoms with Gasteiger partial charge in [-0.15, -0.1) is 0 Å². The van der Waals surface area contributed by atoms with Crippen molar-refractivity contribution in [2.24, 2.45) is 10.7 Å². The number of amides is 1. The summed E-state index contributed by atoms with van der Waals surface area (Å²) in [5.74, 6) is 0.334. The van der Waals surface area contributed by atoms with Gasteiger partial charge in [-0.1, -0.05) is 15.9 Å². The van der Waals surface area contributed by atoms with Crippen LogP contribution in [0.3, 0.4) is 0 Å². The fraction of sp³-hybridized carbons (Fsp3) is 0.0909. The van der Waals surface area contributed by atoms with Crippen LogP contribution in [0.15, 0.2) is 31.0 Å². The molecule has 1 aliphatic heterocycles. The fourth-order valence-electron chi connectivity index (χ4n) is 1.47. The van der Waals surface area contributed by atoms with Crippen LogP contribution >= 0.6 is 43.6 Å². The molecule has 2 rings (SSSR count). The third kappa shape index (κ3) is 2.78. The van der Waals surface area contributed by atoms with Crippen LogP contribution in [0.25, 0.3) is 6.08 Å². The number of benzene rings is 1. The average molecular weight is 392 g/mol. The number of hydrogen-bond acceptors (Lipinski definition) is 4. The number of aliphatic imine (C=N–C) groups is 1. The molecule has 2 N–H and O–H groups in total. The minimum atomic E-state index is -0.323. The van der Waals surface area contributed by atoms with Crippen LogP contribution in [0.5, 0.6) is 5.75 Å². The third-order valence-corrected chi connectivity index (χ3v) is 4.02. The topological polar surface area (TPSA) is 64.7 Å². The number of amidine groups is 1. The van der Waals surface area contributed by atoms with Crippen LogP contribution < -0.4 is 10.5 Å². The number of nitrogens with zero attached hydrogens (tertiary/aromatic N) is 1. The molecule has 0 atom stereocenters. The number of halogens is 2. The third-order valence-electron chi connectivity index (χ3n) is 2.16. The zero-order valence-corrected chi connectivity index (χ0v) is 13.2. The highest BCUT2D eigenvalue weighted by Gasteiger charge is 2.20. The predicted molar refractivity (Wildman–Crippen MR) is 80.6 cm³/mol. The maximum Gasteiger partial charge on any atom is 0.286 e. The molecule has 7 heteroatoms. The minimum absolute atomic E-state index is 0.263. The second kappa shape index (κ2) is 5.46. The highest BCUT2D eigenvalue weighted by Crippen LogP contribution is 2.36. The Hall–Kier alpha value is -0.790. The summed E-state index contributed by atoms with van der Waals surface area (Å²) in [5.41, 5.74) is 6.28. The van der Waals surface area contributed by atoms with E-state index < -0.39 is 0 Å². The Balaban J connectivity index is 2.47. The number of ether oxygens (including phenoxy) is 1. The summed E-state index contributed by atoms with van der Waals surface area (Å²) in [6, 6.07) is 3.73. The Morgan fingerprint density at radius 2 is 2.17 bits per heavy atom. The van der Waals surface area contributed by atoms with Gasteiger partial charge in [0.25, 0.3) is 5.91 Å². The number of carbonyl (C=O) groups is 1. The second-order valence-corrected chi connectivity index (χ2v) is 6.21. The van der Waals surface area contributed by atoms with Crippen molar-refractivity contribution in [1.29, 1.82) is 0 Å². The molecule has 94 valence electrons. The smallest absolute Gasteiger partial charge is 0.286 e. The van der Waals surface area contributed by atoms with E-state index in [-0.39, 0.29) is 11.1 Å². The Morgan fingerprint density at radius 3 is 2.72 bits per heavy atom. The first-order chi connectivity index (χ1) is 8.51. The van der Waals surface area contributed by atoms with Crippen LogP contribution in [0.2, 0.25) is 0 Å². The van der Waals surface area contributed by atoms with E-state index in [2.05, 4.69) is 36.9 Å². The highest BCUT2D eigenvalue weighted by molar-refractivity contribution is 9.11. The molecule has 0 aromatic heterocycles. The number of rotatable bonds is 2. The number of hydrogen-bond donors (Lipinski definition) is 1. The maximum absolute atomic E-state index is 11.5. The molecular weight excluding hydrogens is 384 g/mol. The molecule has 0 radical (unpaired) electrons. The molecule has 0 spiro atoms. The van der Waals surface area contributed by atoms with Gasteiger partial charge in [0.15, 0.2) is 5.17 Å². The summed E-state index contributed by atoms with van der Waals surface area (Å²) in [6.45, 7) is 0. The quantitative estimate of drug-likeness (QED) is 0.786. The molecule has 1 aromatic rings. The van der Waals surface area contributed by atoms with Gasteiger partial charge in [0.05, 0.1) is 16.5 Å². The minimum Gasteiger partial charge on any atom is -0.495 e. The van der Waals surface area contributed by atoms with Crippen LogP contribution in [0.4, 0.5) is 0 Å². The van der Waals surface area contributed by atoms with E-state index in [0.29, 0.717) is 10.7 Å². The molecule has 0 unspecified atom stereocenters. The number of carbonyl (C=O) groups excluding carboxylic acids is 1. The van der Waals surface area contributed by atoms with Crippen molar-refractivity contribution in [3.8, 4) is 5.75 Å². The van der Waals surface area contributed by atoms with E-state index in [0.717, 1.165) is 26.3 Å². The molecule has 4 nitrogen and oxygen atoms in total. The van der Waals surface area contributed by atoms with Gasteiger partial charge < -0.3 is 10.5 Å². The summed E-state index contributed by atoms with van der Waals surface area (Å²) in [6.07, 6.45) is 1.71. The van der Waals surface area contributed by atoms with Crippen molar-refractivity contribution in [2.75, 3.05) is 7.11 Å². The molecule has 1 heterocycles. The largest absolute Gasteiger partial charge is 0.495 e. The molecular formula is C11H8Br2N2O2S. The monoisotopic (exact) mass is 390 g/mol. The molecule has 1 aromatic carbocycles. The van der Waals surface area contributed by atoms with Crippen molar-refractivity contribution in [1.82, 2.24) is 0 Å². The molecule has 18 heavy (non-hydrogen) atoms. The standard InChI is InChI=1S/C11H8Br2N2O2S/c1-17-9-5(2-6(12)4-7(9)13)3-8-10(16)15-11(14)18-8/h2-4H,1H3,(H2,14,15,16). The second-order valence-electron chi connectivity index (χ2n) is 3.38. The molecule has 0 bridgehead atoms. The predicted octanol–water partition coefficient (Wildman–Crippen LogP) is 3.15. The first kappa shape index (κ1) is 13.6. The van der Waals surface area contributed by atoms with E-state index in [4.69, 9.17) is 10.5 Å². The van der Waals surface area contributed by atoms with Crippen molar-refractivity contribution < 1.29 is 9.53 Å². The number of thioether (sulfide) groups is 1.